The van der Waals surface area contributed by atoms with Gasteiger partial charge in [0, 0.05) is 17.8 Å². The predicted molar refractivity (Wildman–Crippen MR) is 94.1 cm³/mol. The highest BCUT2D eigenvalue weighted by Gasteiger charge is 2.21. The Morgan fingerprint density at radius 2 is 1.78 bits per heavy atom. The van der Waals surface area contributed by atoms with Crippen molar-refractivity contribution in [1.29, 1.82) is 0 Å². The maximum absolute atomic E-state index is 12.0. The van der Waals surface area contributed by atoms with Crippen LogP contribution < -0.4 is 11.5 Å². The molecule has 0 saturated heterocycles. The van der Waals surface area contributed by atoms with E-state index in [9.17, 15) is 4.79 Å². The lowest BCUT2D eigenvalue weighted by Gasteiger charge is -2.19. The summed E-state index contributed by atoms with van der Waals surface area (Å²) in [7, 11) is 0. The number of carbonyl (C=O) groups is 1. The highest BCUT2D eigenvalue weighted by Crippen LogP contribution is 2.32. The number of benzene rings is 1. The van der Waals surface area contributed by atoms with Gasteiger partial charge in [0.1, 0.15) is 0 Å². The van der Waals surface area contributed by atoms with E-state index in [2.05, 4.69) is 18.8 Å². The van der Waals surface area contributed by atoms with E-state index in [0.717, 1.165) is 34.4 Å². The molecule has 2 rings (SSSR count). The first kappa shape index (κ1) is 17.2. The molecular weight excluding hydrogens is 286 g/mol. The van der Waals surface area contributed by atoms with Gasteiger partial charge < -0.3 is 11.5 Å². The third-order valence-electron chi connectivity index (χ3n) is 3.96. The number of carbonyl (C=O) groups excluding carboxylic acids is 1. The van der Waals surface area contributed by atoms with E-state index < -0.39 is 5.91 Å². The van der Waals surface area contributed by atoms with Gasteiger partial charge in [0.05, 0.1) is 11.3 Å². The molecule has 23 heavy (non-hydrogen) atoms. The predicted octanol–water partition coefficient (Wildman–Crippen LogP) is 3.12. The van der Waals surface area contributed by atoms with Crippen LogP contribution in [0.15, 0.2) is 24.3 Å². The molecule has 0 aliphatic rings. The zero-order chi connectivity index (χ0) is 17.1. The Balaban J connectivity index is 2.80. The van der Waals surface area contributed by atoms with Gasteiger partial charge in [-0.2, -0.15) is 0 Å². The van der Waals surface area contributed by atoms with Gasteiger partial charge in [-0.05, 0) is 37.3 Å². The molecule has 2 aromatic rings. The number of aromatic nitrogens is 1. The summed E-state index contributed by atoms with van der Waals surface area (Å²) in [6.07, 6.45) is 0.825. The van der Waals surface area contributed by atoms with E-state index in [1.54, 1.807) is 0 Å². The van der Waals surface area contributed by atoms with E-state index >= 15 is 0 Å². The van der Waals surface area contributed by atoms with Crippen molar-refractivity contribution in [3.63, 3.8) is 0 Å². The smallest absolute Gasteiger partial charge is 0.251 e. The van der Waals surface area contributed by atoms with Gasteiger partial charge in [-0.3, -0.25) is 9.78 Å². The van der Waals surface area contributed by atoms with E-state index in [4.69, 9.17) is 11.5 Å². The highest BCUT2D eigenvalue weighted by atomic mass is 16.1. The number of nitrogens with two attached hydrogens (primary N) is 2. The van der Waals surface area contributed by atoms with Crippen LogP contribution in [0.5, 0.6) is 0 Å². The lowest BCUT2D eigenvalue weighted by Crippen LogP contribution is -2.20. The van der Waals surface area contributed by atoms with Crippen LogP contribution in [0, 0.1) is 19.8 Å². The van der Waals surface area contributed by atoms with Crippen LogP contribution in [-0.2, 0) is 13.0 Å². The lowest BCUT2D eigenvalue weighted by molar-refractivity contribution is 0.1000. The number of nitrogens with zero attached hydrogens (tertiary/aromatic N) is 1. The van der Waals surface area contributed by atoms with Gasteiger partial charge in [0.2, 0.25) is 0 Å². The average molecular weight is 311 g/mol. The van der Waals surface area contributed by atoms with Crippen molar-refractivity contribution in [2.45, 2.75) is 40.7 Å². The summed E-state index contributed by atoms with van der Waals surface area (Å²) in [5.41, 5.74) is 17.6. The molecule has 0 radical (unpaired) electrons. The van der Waals surface area contributed by atoms with Crippen molar-refractivity contribution in [3.05, 3.63) is 52.3 Å². The molecule has 4 heteroatoms. The lowest BCUT2D eigenvalue weighted by atomic mass is 9.89. The number of amides is 1. The Morgan fingerprint density at radius 3 is 2.26 bits per heavy atom. The largest absolute Gasteiger partial charge is 0.366 e. The quantitative estimate of drug-likeness (QED) is 0.890. The monoisotopic (exact) mass is 311 g/mol. The third-order valence-corrected chi connectivity index (χ3v) is 3.96. The summed E-state index contributed by atoms with van der Waals surface area (Å²) in [5.74, 6) is -0.00568. The van der Waals surface area contributed by atoms with Crippen LogP contribution in [-0.4, -0.2) is 10.9 Å². The molecule has 0 saturated carbocycles. The highest BCUT2D eigenvalue weighted by molar-refractivity contribution is 6.01. The average Bonchev–Trinajstić information content (AvgIpc) is 2.46. The fraction of sp³-hybridized carbons (Fsp3) is 0.368. The van der Waals surface area contributed by atoms with Crippen molar-refractivity contribution in [2.75, 3.05) is 0 Å². The van der Waals surface area contributed by atoms with Crippen LogP contribution >= 0.6 is 0 Å². The minimum absolute atomic E-state index is 0.332. The zero-order valence-electron chi connectivity index (χ0n) is 14.3. The van der Waals surface area contributed by atoms with Crippen LogP contribution in [0.2, 0.25) is 0 Å². The van der Waals surface area contributed by atoms with Crippen LogP contribution in [0.3, 0.4) is 0 Å². The summed E-state index contributed by atoms with van der Waals surface area (Å²) in [6, 6.07) is 8.07. The van der Waals surface area contributed by atoms with Crippen LogP contribution in [0.4, 0.5) is 0 Å². The molecule has 4 N–H and O–H groups in total. The molecule has 122 valence electrons. The topological polar surface area (TPSA) is 82.0 Å². The minimum atomic E-state index is -0.462. The molecule has 0 aliphatic carbocycles. The van der Waals surface area contributed by atoms with Gasteiger partial charge in [-0.25, -0.2) is 0 Å². The summed E-state index contributed by atoms with van der Waals surface area (Å²) in [4.78, 5) is 16.7. The van der Waals surface area contributed by atoms with Gasteiger partial charge in [0.25, 0.3) is 5.91 Å². The second kappa shape index (κ2) is 6.92. The number of primary amides is 1. The molecule has 0 fully saturated rings. The van der Waals surface area contributed by atoms with E-state index in [-0.39, 0.29) is 0 Å². The maximum Gasteiger partial charge on any atom is 0.251 e. The molecule has 0 atom stereocenters. The van der Waals surface area contributed by atoms with E-state index in [0.29, 0.717) is 23.7 Å². The minimum Gasteiger partial charge on any atom is -0.366 e. The summed E-state index contributed by atoms with van der Waals surface area (Å²) in [6.45, 7) is 8.49. The first-order valence-electron chi connectivity index (χ1n) is 7.94. The molecule has 1 aromatic heterocycles. The Hall–Kier alpha value is -2.20. The standard InChI is InChI=1S/C19H25N3O/c1-11(2)9-16-15(10-20)18(14-7-5-12(3)6-8-14)17(19(21)23)13(4)22-16/h5-8,11H,9-10,20H2,1-4H3,(H2,21,23). The molecule has 1 heterocycles. The third kappa shape index (κ3) is 3.59. The fourth-order valence-electron chi connectivity index (χ4n) is 2.92. The van der Waals surface area contributed by atoms with E-state index in [1.165, 1.54) is 0 Å². The normalized spacial score (nSPS) is 11.0. The van der Waals surface area contributed by atoms with Crippen LogP contribution in [0.25, 0.3) is 11.1 Å². The molecule has 4 nitrogen and oxygen atoms in total. The SMILES string of the molecule is Cc1ccc(-c2c(CN)c(CC(C)C)nc(C)c2C(N)=O)cc1. The van der Waals surface area contributed by atoms with Crippen LogP contribution in [0.1, 0.15) is 46.7 Å². The van der Waals surface area contributed by atoms with Gasteiger partial charge >= 0.3 is 0 Å². The van der Waals surface area contributed by atoms with Gasteiger partial charge in [-0.15, -0.1) is 0 Å². The summed E-state index contributed by atoms with van der Waals surface area (Å²) < 4.78 is 0. The van der Waals surface area contributed by atoms with Crippen molar-refractivity contribution < 1.29 is 4.79 Å². The summed E-state index contributed by atoms with van der Waals surface area (Å²) >= 11 is 0. The number of hydrogen-bond donors (Lipinski definition) is 2. The molecular formula is C19H25N3O. The Bertz CT molecular complexity index is 718. The number of aryl methyl sites for hydroxylation is 2. The van der Waals surface area contributed by atoms with Gasteiger partial charge in [-0.1, -0.05) is 43.7 Å². The first-order chi connectivity index (χ1) is 10.8. The van der Waals surface area contributed by atoms with Crippen molar-refractivity contribution in [1.82, 2.24) is 4.98 Å². The second-order valence-corrected chi connectivity index (χ2v) is 6.40. The molecule has 0 bridgehead atoms. The molecule has 0 unspecified atom stereocenters. The molecule has 1 aromatic carbocycles. The zero-order valence-corrected chi connectivity index (χ0v) is 14.3. The maximum atomic E-state index is 12.0. The molecule has 0 spiro atoms. The Kier molecular flexibility index (Phi) is 5.16. The molecule has 0 aliphatic heterocycles. The molecule has 1 amide bonds. The van der Waals surface area contributed by atoms with Crippen molar-refractivity contribution in [2.24, 2.45) is 17.4 Å². The Labute approximate surface area is 137 Å². The van der Waals surface area contributed by atoms with E-state index in [1.807, 2.05) is 38.1 Å². The number of rotatable bonds is 5. The fourth-order valence-corrected chi connectivity index (χ4v) is 2.92. The van der Waals surface area contributed by atoms with Gasteiger partial charge in [0.15, 0.2) is 0 Å². The number of hydrogen-bond acceptors (Lipinski definition) is 3. The van der Waals surface area contributed by atoms with Crippen molar-refractivity contribution >= 4 is 5.91 Å². The van der Waals surface area contributed by atoms with Crippen molar-refractivity contribution in [3.8, 4) is 11.1 Å². The Morgan fingerprint density at radius 1 is 1.17 bits per heavy atom. The second-order valence-electron chi connectivity index (χ2n) is 6.40. The first-order valence-corrected chi connectivity index (χ1v) is 7.94. The summed E-state index contributed by atoms with van der Waals surface area (Å²) in [5, 5.41) is 0. The number of pyridine rings is 1.